The van der Waals surface area contributed by atoms with Crippen molar-refractivity contribution in [3.8, 4) is 0 Å². The quantitative estimate of drug-likeness (QED) is 0.150. The van der Waals surface area contributed by atoms with Crippen LogP contribution in [0.5, 0.6) is 0 Å². The predicted octanol–water partition coefficient (Wildman–Crippen LogP) is 10.5. The molecule has 9 rings (SSSR count). The van der Waals surface area contributed by atoms with E-state index in [9.17, 15) is 4.79 Å². The van der Waals surface area contributed by atoms with E-state index in [1.165, 1.54) is 27.8 Å². The molecule has 1 aliphatic carbocycles. The van der Waals surface area contributed by atoms with Crippen LogP contribution in [-0.2, 0) is 38.8 Å². The van der Waals surface area contributed by atoms with E-state index in [0.717, 1.165) is 48.2 Å². The fourth-order valence-corrected chi connectivity index (χ4v) is 10.5. The predicted molar refractivity (Wildman–Crippen MR) is 229 cm³/mol. The van der Waals surface area contributed by atoms with Gasteiger partial charge in [-0.05, 0) is 102 Å². The van der Waals surface area contributed by atoms with Crippen LogP contribution >= 0.6 is 0 Å². The number of rotatable bonds is 9. The summed E-state index contributed by atoms with van der Waals surface area (Å²) in [5.41, 5.74) is 13.9. The van der Waals surface area contributed by atoms with Crippen LogP contribution in [0.4, 0.5) is 5.69 Å². The van der Waals surface area contributed by atoms with Crippen molar-refractivity contribution in [1.82, 2.24) is 10.5 Å². The van der Waals surface area contributed by atoms with E-state index in [0.29, 0.717) is 18.4 Å². The van der Waals surface area contributed by atoms with E-state index in [4.69, 9.17) is 14.4 Å². The topological polar surface area (TPSA) is 63.3 Å². The van der Waals surface area contributed by atoms with Crippen LogP contribution in [0.15, 0.2) is 127 Å². The molecule has 7 unspecified atom stereocenters. The Kier molecular flexibility index (Phi) is 10.7. The van der Waals surface area contributed by atoms with Crippen LogP contribution in [0, 0.1) is 5.92 Å². The first-order valence-electron chi connectivity index (χ1n) is 21.3. The lowest BCUT2D eigenvalue weighted by atomic mass is 9.74. The van der Waals surface area contributed by atoms with Gasteiger partial charge in [0, 0.05) is 42.2 Å². The number of nitrogens with zero attached hydrogens (tertiary/aromatic N) is 2. The highest BCUT2D eigenvalue weighted by molar-refractivity contribution is 5.79. The van der Waals surface area contributed by atoms with Gasteiger partial charge >= 0.3 is 5.97 Å². The number of hydrogen-bond donors (Lipinski definition) is 1. The molecule has 2 fully saturated rings. The number of hydroxylamine groups is 3. The first-order chi connectivity index (χ1) is 28.2. The molecular weight excluding hydrogens is 719 g/mol. The Labute approximate surface area is 344 Å². The molecule has 7 heteroatoms. The van der Waals surface area contributed by atoms with Gasteiger partial charge in [-0.1, -0.05) is 135 Å². The summed E-state index contributed by atoms with van der Waals surface area (Å²) in [4.78, 5) is 30.0. The highest BCUT2D eigenvalue weighted by Gasteiger charge is 2.49. The van der Waals surface area contributed by atoms with Gasteiger partial charge in [-0.15, -0.1) is 0 Å². The molecule has 7 atom stereocenters. The second kappa shape index (κ2) is 16.1. The standard InChI is InChI=1S/C51H57N3O4/c1-33(2)27-38-28-36-19-9-11-22-40(36)48-44(42-24-14-13-21-39(38)42)31-54(58-48)51(4,5)29-34(3)53-30-37-20-10-12-23-41(37)49-46(43-25-15-16-26-45(43)53)47(52-57-49)50(55)56-32-35-17-7-6-8-18-35/h6-26,33-34,38,44,46-49,52H,27-32H2,1-5H3. The second-order valence-electron chi connectivity index (χ2n) is 18.1. The lowest BCUT2D eigenvalue weighted by molar-refractivity contribution is -0.204. The third-order valence-corrected chi connectivity index (χ3v) is 13.2. The molecule has 2 saturated heterocycles. The van der Waals surface area contributed by atoms with Crippen molar-refractivity contribution in [2.24, 2.45) is 5.92 Å². The summed E-state index contributed by atoms with van der Waals surface area (Å²) in [7, 11) is 0. The monoisotopic (exact) mass is 775 g/mol. The van der Waals surface area contributed by atoms with E-state index in [1.54, 1.807) is 0 Å². The summed E-state index contributed by atoms with van der Waals surface area (Å²) in [6, 6.07) is 44.6. The van der Waals surface area contributed by atoms with Crippen molar-refractivity contribution in [3.63, 3.8) is 0 Å². The number of para-hydroxylation sites is 1. The summed E-state index contributed by atoms with van der Waals surface area (Å²) >= 11 is 0. The summed E-state index contributed by atoms with van der Waals surface area (Å²) in [6.07, 6.45) is 2.65. The number of carbonyl (C=O) groups excluding carboxylic acids is 1. The molecule has 0 amide bonds. The average Bonchev–Trinajstić information content (AvgIpc) is 3.87. The van der Waals surface area contributed by atoms with E-state index in [1.807, 2.05) is 30.3 Å². The number of hydrogen-bond acceptors (Lipinski definition) is 7. The van der Waals surface area contributed by atoms with Gasteiger partial charge in [0.2, 0.25) is 0 Å². The molecule has 0 radical (unpaired) electrons. The largest absolute Gasteiger partial charge is 0.460 e. The van der Waals surface area contributed by atoms with Crippen molar-refractivity contribution in [1.29, 1.82) is 0 Å². The highest BCUT2D eigenvalue weighted by atomic mass is 16.7. The maximum absolute atomic E-state index is 13.9. The number of carbonyl (C=O) groups is 1. The average molecular weight is 776 g/mol. The lowest BCUT2D eigenvalue weighted by Gasteiger charge is -2.43. The van der Waals surface area contributed by atoms with Gasteiger partial charge in [0.15, 0.2) is 0 Å². The van der Waals surface area contributed by atoms with E-state index in [-0.39, 0.29) is 48.2 Å². The van der Waals surface area contributed by atoms with Crippen molar-refractivity contribution in [2.45, 2.75) is 115 Å². The zero-order chi connectivity index (χ0) is 40.0. The van der Waals surface area contributed by atoms with Gasteiger partial charge < -0.3 is 9.64 Å². The molecule has 3 aliphatic heterocycles. The van der Waals surface area contributed by atoms with Gasteiger partial charge in [0.1, 0.15) is 24.9 Å². The normalized spacial score (nSPS) is 24.5. The molecule has 5 aromatic rings. The maximum Gasteiger partial charge on any atom is 0.326 e. The van der Waals surface area contributed by atoms with Crippen LogP contribution in [0.1, 0.15) is 122 Å². The van der Waals surface area contributed by atoms with Crippen LogP contribution < -0.4 is 10.4 Å². The number of ether oxygens (including phenoxy) is 1. The molecule has 1 N–H and O–H groups in total. The van der Waals surface area contributed by atoms with Crippen molar-refractivity contribution in [3.05, 3.63) is 172 Å². The first kappa shape index (κ1) is 38.7. The lowest BCUT2D eigenvalue weighted by Crippen LogP contribution is -2.48. The highest BCUT2D eigenvalue weighted by Crippen LogP contribution is 2.51. The van der Waals surface area contributed by atoms with E-state index < -0.39 is 6.04 Å². The third kappa shape index (κ3) is 7.39. The first-order valence-corrected chi connectivity index (χ1v) is 21.3. The third-order valence-electron chi connectivity index (χ3n) is 13.2. The van der Waals surface area contributed by atoms with Crippen LogP contribution in [0.25, 0.3) is 0 Å². The maximum atomic E-state index is 13.9. The Morgan fingerprint density at radius 2 is 1.38 bits per heavy atom. The van der Waals surface area contributed by atoms with Gasteiger partial charge in [-0.3, -0.25) is 14.5 Å². The molecular formula is C51H57N3O4. The summed E-state index contributed by atoms with van der Waals surface area (Å²) in [6.45, 7) is 13.5. The van der Waals surface area contributed by atoms with Gasteiger partial charge in [0.05, 0.1) is 0 Å². The molecule has 7 nitrogen and oxygen atoms in total. The molecule has 3 heterocycles. The summed E-state index contributed by atoms with van der Waals surface area (Å²) < 4.78 is 5.94. The minimum Gasteiger partial charge on any atom is -0.460 e. The second-order valence-corrected chi connectivity index (χ2v) is 18.1. The Balaban J connectivity index is 1.02. The summed E-state index contributed by atoms with van der Waals surface area (Å²) in [5.74, 6) is 0.701. The van der Waals surface area contributed by atoms with Crippen molar-refractivity contribution < 1.29 is 19.2 Å². The van der Waals surface area contributed by atoms with Crippen molar-refractivity contribution in [2.75, 3.05) is 11.4 Å². The van der Waals surface area contributed by atoms with E-state index >= 15 is 0 Å². The Morgan fingerprint density at radius 1 is 0.759 bits per heavy atom. The van der Waals surface area contributed by atoms with Crippen LogP contribution in [0.2, 0.25) is 0 Å². The minimum atomic E-state index is -0.671. The van der Waals surface area contributed by atoms with Gasteiger partial charge in [-0.2, -0.15) is 10.5 Å². The van der Waals surface area contributed by atoms with Crippen LogP contribution in [-0.4, -0.2) is 35.2 Å². The Morgan fingerprint density at radius 3 is 2.12 bits per heavy atom. The van der Waals surface area contributed by atoms with Crippen molar-refractivity contribution >= 4 is 11.7 Å². The minimum absolute atomic E-state index is 0.0494. The summed E-state index contributed by atoms with van der Waals surface area (Å²) in [5, 5.41) is 2.31. The molecule has 300 valence electrons. The molecule has 0 spiro atoms. The zero-order valence-corrected chi connectivity index (χ0v) is 34.5. The fourth-order valence-electron chi connectivity index (χ4n) is 10.5. The number of nitrogens with one attached hydrogen (secondary N) is 1. The SMILES string of the molecule is CC(C)CC1Cc2ccccc2C2ON(C(C)(C)CC(C)N3Cc4ccccc4C4ONC(C(=O)OCc5ccccc5)C4c4ccccc43)CC2c2ccccc21. The number of fused-ring (bicyclic) bond motifs is 10. The zero-order valence-electron chi connectivity index (χ0n) is 34.5. The molecule has 58 heavy (non-hydrogen) atoms. The smallest absolute Gasteiger partial charge is 0.326 e. The fraction of sp³-hybridized carbons (Fsp3) is 0.392. The van der Waals surface area contributed by atoms with Crippen LogP contribution in [0.3, 0.4) is 0 Å². The number of anilines is 1. The number of esters is 1. The molecule has 0 bridgehead atoms. The Hall–Kier alpha value is -4.79. The molecule has 0 aromatic heterocycles. The Bertz CT molecular complexity index is 2240. The van der Waals surface area contributed by atoms with Gasteiger partial charge in [0.25, 0.3) is 0 Å². The molecule has 0 saturated carbocycles. The van der Waals surface area contributed by atoms with E-state index in [2.05, 4.69) is 147 Å². The van der Waals surface area contributed by atoms with Gasteiger partial charge in [-0.25, -0.2) is 0 Å². The number of benzene rings is 5. The molecule has 4 aliphatic rings. The molecule has 5 aromatic carbocycles.